The topological polar surface area (TPSA) is 29.1 Å². The van der Waals surface area contributed by atoms with Crippen molar-refractivity contribution in [3.8, 4) is 0 Å². The van der Waals surface area contributed by atoms with E-state index < -0.39 is 21.9 Å². The zero-order valence-corrected chi connectivity index (χ0v) is 8.61. The van der Waals surface area contributed by atoms with Crippen molar-refractivity contribution in [2.24, 2.45) is 0 Å². The van der Waals surface area contributed by atoms with Crippen molar-refractivity contribution < 1.29 is 22.1 Å². The van der Waals surface area contributed by atoms with Crippen molar-refractivity contribution in [1.82, 2.24) is 4.98 Å². The Balaban J connectivity index is 3.90. The maximum absolute atomic E-state index is 11.6. The van der Waals surface area contributed by atoms with E-state index in [1.54, 1.807) is 21.1 Å². The summed E-state index contributed by atoms with van der Waals surface area (Å²) in [6, 6.07) is 0. The molecule has 7 heteroatoms. The van der Waals surface area contributed by atoms with Crippen molar-refractivity contribution in [1.29, 1.82) is 0 Å². The van der Waals surface area contributed by atoms with Gasteiger partial charge in [-0.2, -0.15) is 13.2 Å². The van der Waals surface area contributed by atoms with Crippen LogP contribution >= 0.6 is 0 Å². The predicted molar refractivity (Wildman–Crippen MR) is 40.8 cm³/mol. The van der Waals surface area contributed by atoms with Gasteiger partial charge in [-0.25, -0.2) is 0 Å². The minimum absolute atomic E-state index is 0.391. The van der Waals surface area contributed by atoms with Crippen LogP contribution in [0, 0.1) is 0 Å². The number of nitrogens with zero attached hydrogens (tertiary/aromatic N) is 1. The predicted octanol–water partition coefficient (Wildman–Crippen LogP) is -0.630. The van der Waals surface area contributed by atoms with Crippen LogP contribution in [0.2, 0.25) is 0 Å². The first-order chi connectivity index (χ1) is 5.13. The van der Waals surface area contributed by atoms with E-state index in [0.717, 1.165) is 0 Å². The van der Waals surface area contributed by atoms with Crippen LogP contribution in [0.15, 0.2) is 0 Å². The van der Waals surface area contributed by atoms with Crippen LogP contribution in [0.5, 0.6) is 0 Å². The number of carbonyl (C=O) groups excluding carboxylic acids is 1. The summed E-state index contributed by atoms with van der Waals surface area (Å²) in [5, 5.41) is 0. The summed E-state index contributed by atoms with van der Waals surface area (Å²) in [4.78, 5) is 12.2. The molecule has 0 bridgehead atoms. The van der Waals surface area contributed by atoms with Crippen LogP contribution in [0.3, 0.4) is 0 Å². The summed E-state index contributed by atoms with van der Waals surface area (Å²) >= 11 is 0. The number of halogens is 3. The number of alkyl halides is 3. The second-order valence-electron chi connectivity index (χ2n) is 3.45. The number of quaternary nitrogens is 1. The van der Waals surface area contributed by atoms with E-state index in [0.29, 0.717) is 4.15 Å². The third-order valence-electron chi connectivity index (χ3n) is 0.971. The Kier molecular flexibility index (Phi) is 3.28. The molecule has 0 aliphatic carbocycles. The van der Waals surface area contributed by atoms with Crippen molar-refractivity contribution >= 4 is 15.7 Å². The van der Waals surface area contributed by atoms with Gasteiger partial charge in [0.05, 0.1) is 21.1 Å². The lowest BCUT2D eigenvalue weighted by atomic mass is 10.6. The van der Waals surface area contributed by atoms with Gasteiger partial charge < -0.3 is 9.13 Å². The highest BCUT2D eigenvalue weighted by molar-refractivity contribution is 6.29. The molecule has 0 rings (SSSR count). The molecule has 0 aromatic rings. The zero-order chi connectivity index (χ0) is 9.99. The van der Waals surface area contributed by atoms with Gasteiger partial charge in [-0.3, -0.25) is 4.79 Å². The van der Waals surface area contributed by atoms with Crippen LogP contribution in [-0.4, -0.2) is 47.2 Å². The molecule has 0 spiro atoms. The van der Waals surface area contributed by atoms with Crippen molar-refractivity contribution in [3.63, 3.8) is 0 Å². The average molecular weight is 201 g/mol. The number of carbonyl (C=O) groups is 1. The lowest BCUT2D eigenvalue weighted by Gasteiger charge is -2.24. The van der Waals surface area contributed by atoms with E-state index in [1.165, 1.54) is 0 Å². The second kappa shape index (κ2) is 3.44. The molecule has 0 fully saturated rings. The summed E-state index contributed by atoms with van der Waals surface area (Å²) in [6.45, 7) is 0. The molecule has 0 aliphatic rings. The molecule has 0 heterocycles. The first-order valence-electron chi connectivity index (χ1n) is 3.28. The molecule has 3 nitrogen and oxygen atoms in total. The Morgan fingerprint density at radius 1 is 1.33 bits per heavy atom. The van der Waals surface area contributed by atoms with Crippen molar-refractivity contribution in [3.05, 3.63) is 0 Å². The minimum atomic E-state index is -4.75. The Morgan fingerprint density at radius 2 is 1.75 bits per heavy atom. The van der Waals surface area contributed by atoms with Gasteiger partial charge in [0.1, 0.15) is 0 Å². The lowest BCUT2D eigenvalue weighted by Crippen LogP contribution is -2.51. The van der Waals surface area contributed by atoms with Gasteiger partial charge in [0, 0.05) is 0 Å². The Bertz CT molecular complexity index is 175. The molecular formula is C5H12F3N2OSi+. The molecule has 1 amide bonds. The number of nitrogens with one attached hydrogen (secondary N) is 1. The van der Waals surface area contributed by atoms with Crippen molar-refractivity contribution in [2.75, 3.05) is 21.1 Å². The molecule has 0 radical (unpaired) electrons. The van der Waals surface area contributed by atoms with Gasteiger partial charge in [-0.15, -0.1) is 0 Å². The van der Waals surface area contributed by atoms with Crippen molar-refractivity contribution in [2.45, 2.75) is 6.18 Å². The quantitative estimate of drug-likeness (QED) is 0.592. The molecule has 0 unspecified atom stereocenters. The maximum atomic E-state index is 11.6. The molecule has 0 aromatic carbocycles. The second-order valence-corrected chi connectivity index (χ2v) is 6.02. The smallest absolute Gasteiger partial charge is 0.379 e. The van der Waals surface area contributed by atoms with Gasteiger partial charge in [0.2, 0.25) is 0 Å². The van der Waals surface area contributed by atoms with Gasteiger partial charge in [0.25, 0.3) is 0 Å². The molecule has 72 valence electrons. The van der Waals surface area contributed by atoms with E-state index in [-0.39, 0.29) is 0 Å². The highest BCUT2D eigenvalue weighted by Gasteiger charge is 2.39. The lowest BCUT2D eigenvalue weighted by molar-refractivity contribution is -0.756. The number of amides is 1. The molecule has 1 N–H and O–H groups in total. The van der Waals surface area contributed by atoms with Gasteiger partial charge in [-0.1, -0.05) is 0 Å². The molecule has 0 aromatic heterocycles. The van der Waals surface area contributed by atoms with E-state index >= 15 is 0 Å². The first-order valence-corrected chi connectivity index (χ1v) is 4.62. The third-order valence-corrected chi connectivity index (χ3v) is 2.40. The normalized spacial score (nSPS) is 13.8. The third kappa shape index (κ3) is 5.14. The maximum Gasteiger partial charge on any atom is 0.470 e. The first kappa shape index (κ1) is 11.4. The van der Waals surface area contributed by atoms with Crippen LogP contribution in [0.25, 0.3) is 0 Å². The molecule has 0 aliphatic heterocycles. The van der Waals surface area contributed by atoms with Crippen LogP contribution in [0.1, 0.15) is 0 Å². The molecular weight excluding hydrogens is 189 g/mol. The summed E-state index contributed by atoms with van der Waals surface area (Å²) in [6.07, 6.45) is -4.75. The van der Waals surface area contributed by atoms with E-state index in [9.17, 15) is 18.0 Å². The number of hydrogen-bond donors (Lipinski definition) is 1. The largest absolute Gasteiger partial charge is 0.470 e. The molecule has 0 saturated heterocycles. The number of hydrogen-bond acceptors (Lipinski definition) is 1. The fourth-order valence-electron chi connectivity index (χ4n) is 0.409. The fraction of sp³-hybridized carbons (Fsp3) is 0.800. The van der Waals surface area contributed by atoms with Crippen LogP contribution < -0.4 is 4.98 Å². The zero-order valence-electron chi connectivity index (χ0n) is 7.20. The average Bonchev–Trinajstić information content (AvgIpc) is 1.78. The minimum Gasteiger partial charge on any atom is -0.379 e. The monoisotopic (exact) mass is 201 g/mol. The SMILES string of the molecule is C[N+](C)(C)[SiH2]NC(=O)C(F)(F)F. The highest BCUT2D eigenvalue weighted by Crippen LogP contribution is 2.13. The standard InChI is InChI=1S/C5H11F3N2OSi/c1-10(2,3)12-9-4(11)5(6,7)8/h12H2,1-3H3/p+1. The summed E-state index contributed by atoms with van der Waals surface area (Å²) in [7, 11) is 3.96. The number of rotatable bonds is 2. The van der Waals surface area contributed by atoms with E-state index in [4.69, 9.17) is 0 Å². The van der Waals surface area contributed by atoms with Gasteiger partial charge in [0.15, 0.2) is 0 Å². The Labute approximate surface area is 71.1 Å². The van der Waals surface area contributed by atoms with Gasteiger partial charge in [-0.05, 0) is 0 Å². The molecule has 12 heavy (non-hydrogen) atoms. The highest BCUT2D eigenvalue weighted by atomic mass is 28.2. The summed E-state index contributed by atoms with van der Waals surface area (Å²) in [5.41, 5.74) is 0. The van der Waals surface area contributed by atoms with Gasteiger partial charge >= 0.3 is 21.9 Å². The fourth-order valence-corrected chi connectivity index (χ4v) is 1.23. The summed E-state index contributed by atoms with van der Waals surface area (Å²) in [5.74, 6) is -1.83. The van der Waals surface area contributed by atoms with Crippen LogP contribution in [-0.2, 0) is 4.79 Å². The molecule has 0 saturated carbocycles. The molecule has 0 atom stereocenters. The van der Waals surface area contributed by atoms with E-state index in [2.05, 4.69) is 0 Å². The van der Waals surface area contributed by atoms with Crippen LogP contribution in [0.4, 0.5) is 13.2 Å². The Hall–Kier alpha value is -0.563. The van der Waals surface area contributed by atoms with E-state index in [1.807, 2.05) is 4.98 Å². The Morgan fingerprint density at radius 3 is 2.00 bits per heavy atom. The summed E-state index contributed by atoms with van der Waals surface area (Å²) < 4.78 is 35.3.